The topological polar surface area (TPSA) is 86.8 Å². The first-order valence-corrected chi connectivity index (χ1v) is 17.2. The Labute approximate surface area is 262 Å². The molecule has 0 aliphatic heterocycles. The maximum absolute atomic E-state index is 14.3. The van der Waals surface area contributed by atoms with E-state index in [0.29, 0.717) is 16.3 Å². The average molecular weight is 675 g/mol. The number of amides is 2. The number of rotatable bonds is 11. The molecular formula is C32H37BrClN3O4S. The van der Waals surface area contributed by atoms with Crippen molar-refractivity contribution in [3.05, 3.63) is 99.0 Å². The number of hydrogen-bond acceptors (Lipinski definition) is 4. The number of nitrogens with one attached hydrogen (secondary N) is 1. The molecule has 10 heteroatoms. The van der Waals surface area contributed by atoms with Crippen molar-refractivity contribution in [2.24, 2.45) is 0 Å². The molecular weight excluding hydrogens is 638 g/mol. The van der Waals surface area contributed by atoms with Crippen LogP contribution in [-0.2, 0) is 32.6 Å². The predicted molar refractivity (Wildman–Crippen MR) is 172 cm³/mol. The van der Waals surface area contributed by atoms with Gasteiger partial charge in [-0.05, 0) is 60.7 Å². The van der Waals surface area contributed by atoms with Crippen LogP contribution < -0.4 is 9.62 Å². The van der Waals surface area contributed by atoms with Crippen molar-refractivity contribution in [2.75, 3.05) is 17.1 Å². The number of benzene rings is 3. The van der Waals surface area contributed by atoms with Gasteiger partial charge in [0, 0.05) is 28.5 Å². The van der Waals surface area contributed by atoms with Crippen molar-refractivity contribution < 1.29 is 18.0 Å². The lowest BCUT2D eigenvalue weighted by molar-refractivity contribution is -0.140. The Morgan fingerprint density at radius 1 is 0.976 bits per heavy atom. The van der Waals surface area contributed by atoms with Crippen LogP contribution in [0.25, 0.3) is 0 Å². The fourth-order valence-corrected chi connectivity index (χ4v) is 6.66. The zero-order chi connectivity index (χ0) is 30.3. The highest BCUT2D eigenvalue weighted by molar-refractivity contribution is 9.10. The molecule has 3 aromatic rings. The Balaban J connectivity index is 1.73. The van der Waals surface area contributed by atoms with Gasteiger partial charge in [0.15, 0.2) is 0 Å². The van der Waals surface area contributed by atoms with Gasteiger partial charge >= 0.3 is 0 Å². The first-order valence-electron chi connectivity index (χ1n) is 14.1. The highest BCUT2D eigenvalue weighted by atomic mass is 79.9. The number of aryl methyl sites for hydroxylation is 1. The van der Waals surface area contributed by atoms with E-state index < -0.39 is 28.5 Å². The quantitative estimate of drug-likeness (QED) is 0.260. The summed E-state index contributed by atoms with van der Waals surface area (Å²) in [5.74, 6) is -0.719. The normalized spacial score (nSPS) is 14.7. The number of nitrogens with zero attached hydrogens (tertiary/aromatic N) is 2. The molecule has 1 fully saturated rings. The molecule has 1 aliphatic rings. The molecule has 1 N–H and O–H groups in total. The van der Waals surface area contributed by atoms with Crippen LogP contribution in [0, 0.1) is 6.92 Å². The van der Waals surface area contributed by atoms with Gasteiger partial charge in [0.1, 0.15) is 12.6 Å². The Bertz CT molecular complexity index is 1480. The number of anilines is 1. The SMILES string of the molecule is Cc1ccc(Cl)cc1N(CC(=O)N(Cc1ccc(Br)cc1)[C@H](Cc1ccccc1)C(=O)NC1CCCCC1)S(C)(=O)=O. The fraction of sp³-hybridized carbons (Fsp3) is 0.375. The van der Waals surface area contributed by atoms with Crippen LogP contribution in [0.4, 0.5) is 5.69 Å². The van der Waals surface area contributed by atoms with E-state index >= 15 is 0 Å². The number of carbonyl (C=O) groups is 2. The van der Waals surface area contributed by atoms with Crippen LogP contribution in [0.3, 0.4) is 0 Å². The summed E-state index contributed by atoms with van der Waals surface area (Å²) >= 11 is 9.69. The molecule has 0 saturated heterocycles. The third-order valence-electron chi connectivity index (χ3n) is 7.61. The fourth-order valence-electron chi connectivity index (χ4n) is 5.33. The summed E-state index contributed by atoms with van der Waals surface area (Å²) < 4.78 is 28.0. The molecule has 0 unspecified atom stereocenters. The highest BCUT2D eigenvalue weighted by Gasteiger charge is 2.34. The predicted octanol–water partition coefficient (Wildman–Crippen LogP) is 6.27. The third kappa shape index (κ3) is 8.82. The lowest BCUT2D eigenvalue weighted by atomic mass is 9.94. The zero-order valence-corrected chi connectivity index (χ0v) is 27.1. The number of halogens is 2. The van der Waals surface area contributed by atoms with Crippen molar-refractivity contribution in [3.63, 3.8) is 0 Å². The lowest BCUT2D eigenvalue weighted by Crippen LogP contribution is -2.55. The summed E-state index contributed by atoms with van der Waals surface area (Å²) in [4.78, 5) is 29.8. The standard InChI is InChI=1S/C32H37BrClN3O4S/c1-23-13-18-27(34)20-29(23)37(42(2,40)41)22-31(38)36(21-25-14-16-26(33)17-15-25)30(19-24-9-5-3-6-10-24)32(39)35-28-11-7-4-8-12-28/h3,5-6,9-10,13-18,20,28,30H,4,7-8,11-12,19,21-22H2,1-2H3,(H,35,39)/t30-/m1/s1. The van der Waals surface area contributed by atoms with E-state index in [-0.39, 0.29) is 24.9 Å². The van der Waals surface area contributed by atoms with Gasteiger partial charge in [0.2, 0.25) is 21.8 Å². The zero-order valence-electron chi connectivity index (χ0n) is 23.9. The van der Waals surface area contributed by atoms with Gasteiger partial charge in [-0.3, -0.25) is 13.9 Å². The molecule has 2 amide bonds. The van der Waals surface area contributed by atoms with E-state index in [1.165, 1.54) is 4.90 Å². The van der Waals surface area contributed by atoms with E-state index in [4.69, 9.17) is 11.6 Å². The van der Waals surface area contributed by atoms with Crippen LogP contribution in [0.15, 0.2) is 77.3 Å². The molecule has 1 atom stereocenters. The number of hydrogen-bond donors (Lipinski definition) is 1. The van der Waals surface area contributed by atoms with Crippen LogP contribution >= 0.6 is 27.5 Å². The van der Waals surface area contributed by atoms with Gasteiger partial charge in [0.25, 0.3) is 0 Å². The molecule has 0 spiro atoms. The molecule has 0 aromatic heterocycles. The number of carbonyl (C=O) groups excluding carboxylic acids is 2. The van der Waals surface area contributed by atoms with Gasteiger partial charge < -0.3 is 10.2 Å². The second-order valence-electron chi connectivity index (χ2n) is 10.9. The second kappa shape index (κ2) is 14.5. The Hall–Kier alpha value is -2.88. The summed E-state index contributed by atoms with van der Waals surface area (Å²) in [6, 6.07) is 21.2. The lowest BCUT2D eigenvalue weighted by Gasteiger charge is -2.35. The Morgan fingerprint density at radius 3 is 2.29 bits per heavy atom. The average Bonchev–Trinajstić information content (AvgIpc) is 2.96. The summed E-state index contributed by atoms with van der Waals surface area (Å²) in [6.45, 7) is 1.43. The Morgan fingerprint density at radius 2 is 1.64 bits per heavy atom. The molecule has 4 rings (SSSR count). The van der Waals surface area contributed by atoms with Crippen LogP contribution in [0.2, 0.25) is 5.02 Å². The van der Waals surface area contributed by atoms with Gasteiger partial charge in [0.05, 0.1) is 11.9 Å². The smallest absolute Gasteiger partial charge is 0.244 e. The van der Waals surface area contributed by atoms with Gasteiger partial charge in [-0.1, -0.05) is 95.3 Å². The molecule has 224 valence electrons. The minimum atomic E-state index is -3.87. The monoisotopic (exact) mass is 673 g/mol. The maximum Gasteiger partial charge on any atom is 0.244 e. The molecule has 0 bridgehead atoms. The molecule has 42 heavy (non-hydrogen) atoms. The van der Waals surface area contributed by atoms with E-state index in [1.807, 2.05) is 54.6 Å². The van der Waals surface area contributed by atoms with E-state index in [1.54, 1.807) is 25.1 Å². The van der Waals surface area contributed by atoms with Gasteiger partial charge in [-0.25, -0.2) is 8.42 Å². The van der Waals surface area contributed by atoms with E-state index in [0.717, 1.165) is 58.3 Å². The van der Waals surface area contributed by atoms with Crippen LogP contribution in [0.5, 0.6) is 0 Å². The van der Waals surface area contributed by atoms with E-state index in [2.05, 4.69) is 21.2 Å². The van der Waals surface area contributed by atoms with Crippen LogP contribution in [0.1, 0.15) is 48.8 Å². The van der Waals surface area contributed by atoms with Crippen molar-refractivity contribution >= 4 is 55.1 Å². The molecule has 7 nitrogen and oxygen atoms in total. The summed E-state index contributed by atoms with van der Waals surface area (Å²) in [5.41, 5.74) is 2.71. The molecule has 1 aliphatic carbocycles. The van der Waals surface area contributed by atoms with Gasteiger partial charge in [-0.15, -0.1) is 0 Å². The third-order valence-corrected chi connectivity index (χ3v) is 9.50. The van der Waals surface area contributed by atoms with Crippen LogP contribution in [-0.4, -0.2) is 50.0 Å². The van der Waals surface area contributed by atoms with Gasteiger partial charge in [-0.2, -0.15) is 0 Å². The highest BCUT2D eigenvalue weighted by Crippen LogP contribution is 2.27. The van der Waals surface area contributed by atoms with Crippen molar-refractivity contribution in [3.8, 4) is 0 Å². The van der Waals surface area contributed by atoms with E-state index in [9.17, 15) is 18.0 Å². The van der Waals surface area contributed by atoms with Crippen molar-refractivity contribution in [1.29, 1.82) is 0 Å². The summed E-state index contributed by atoms with van der Waals surface area (Å²) in [5, 5.41) is 3.57. The summed E-state index contributed by atoms with van der Waals surface area (Å²) in [6.07, 6.45) is 6.42. The Kier molecular flexibility index (Phi) is 11.1. The first-order chi connectivity index (χ1) is 20.0. The second-order valence-corrected chi connectivity index (χ2v) is 14.2. The molecule has 0 heterocycles. The maximum atomic E-state index is 14.3. The molecule has 3 aromatic carbocycles. The first kappa shape index (κ1) is 32.0. The minimum absolute atomic E-state index is 0.0517. The largest absolute Gasteiger partial charge is 0.352 e. The van der Waals surface area contributed by atoms with Crippen molar-refractivity contribution in [1.82, 2.24) is 10.2 Å². The minimum Gasteiger partial charge on any atom is -0.352 e. The molecule has 0 radical (unpaired) electrons. The molecule has 1 saturated carbocycles. The summed E-state index contributed by atoms with van der Waals surface area (Å²) in [7, 11) is -3.87. The van der Waals surface area contributed by atoms with Crippen molar-refractivity contribution in [2.45, 2.75) is 64.1 Å². The number of sulfonamides is 1.